The number of hydrogen-bond donors (Lipinski definition) is 0. The maximum atomic E-state index is 12.7. The summed E-state index contributed by atoms with van der Waals surface area (Å²) in [5.41, 5.74) is 1.16. The zero-order valence-electron chi connectivity index (χ0n) is 17.8. The van der Waals surface area contributed by atoms with Crippen molar-refractivity contribution in [3.63, 3.8) is 0 Å². The summed E-state index contributed by atoms with van der Waals surface area (Å²) in [6.07, 6.45) is 4.08. The van der Waals surface area contributed by atoms with Crippen LogP contribution in [0.4, 0.5) is 0 Å². The molecule has 2 aromatic rings. The molecule has 1 saturated heterocycles. The van der Waals surface area contributed by atoms with Gasteiger partial charge in [-0.25, -0.2) is 0 Å². The minimum absolute atomic E-state index is 0.0717. The van der Waals surface area contributed by atoms with Gasteiger partial charge in [-0.2, -0.15) is 4.98 Å². The molecule has 7 heteroatoms. The molecular formula is C22H32N4O3. The first-order chi connectivity index (χ1) is 14.1. The minimum Gasteiger partial charge on any atom is -0.497 e. The summed E-state index contributed by atoms with van der Waals surface area (Å²) in [4.78, 5) is 21.6. The van der Waals surface area contributed by atoms with Gasteiger partial charge < -0.3 is 14.2 Å². The average molecular weight is 401 g/mol. The van der Waals surface area contributed by atoms with E-state index in [2.05, 4.69) is 28.9 Å². The van der Waals surface area contributed by atoms with E-state index in [9.17, 15) is 4.79 Å². The summed E-state index contributed by atoms with van der Waals surface area (Å²) in [5, 5.41) is 4.07. The first kappa shape index (κ1) is 21.3. The fourth-order valence-electron chi connectivity index (χ4n) is 3.69. The second-order valence-corrected chi connectivity index (χ2v) is 7.59. The van der Waals surface area contributed by atoms with Gasteiger partial charge in [0.25, 0.3) is 0 Å². The van der Waals surface area contributed by atoms with Gasteiger partial charge in [0.05, 0.1) is 13.2 Å². The Morgan fingerprint density at radius 2 is 1.97 bits per heavy atom. The number of hydrogen-bond acceptors (Lipinski definition) is 6. The van der Waals surface area contributed by atoms with Crippen LogP contribution in [0.2, 0.25) is 0 Å². The van der Waals surface area contributed by atoms with Crippen LogP contribution in [0, 0.1) is 0 Å². The van der Waals surface area contributed by atoms with Gasteiger partial charge in [0.1, 0.15) is 5.75 Å². The highest BCUT2D eigenvalue weighted by Crippen LogP contribution is 2.21. The van der Waals surface area contributed by atoms with Crippen LogP contribution >= 0.6 is 0 Å². The maximum Gasteiger partial charge on any atom is 0.243 e. The van der Waals surface area contributed by atoms with Crippen LogP contribution in [0.25, 0.3) is 0 Å². The van der Waals surface area contributed by atoms with Gasteiger partial charge in [0.15, 0.2) is 5.82 Å². The molecule has 0 radical (unpaired) electrons. The lowest BCUT2D eigenvalue weighted by molar-refractivity contribution is -0.131. The molecule has 29 heavy (non-hydrogen) atoms. The summed E-state index contributed by atoms with van der Waals surface area (Å²) < 4.78 is 10.6. The van der Waals surface area contributed by atoms with Crippen molar-refractivity contribution < 1.29 is 14.1 Å². The highest BCUT2D eigenvalue weighted by Gasteiger charge is 2.25. The number of aryl methyl sites for hydroxylation is 2. The van der Waals surface area contributed by atoms with Crippen LogP contribution in [-0.2, 0) is 17.6 Å². The van der Waals surface area contributed by atoms with Gasteiger partial charge in [0, 0.05) is 39.0 Å². The predicted molar refractivity (Wildman–Crippen MR) is 111 cm³/mol. The Morgan fingerprint density at radius 3 is 2.69 bits per heavy atom. The molecule has 7 nitrogen and oxygen atoms in total. The van der Waals surface area contributed by atoms with E-state index in [-0.39, 0.29) is 11.9 Å². The standard InChI is InChI=1S/C22H32N4O3/c1-4-6-20-23-22(29-24-20)17(2)25-13-5-14-26(16-15-25)21(27)12-9-18-7-10-19(28-3)11-8-18/h7-8,10-11,17H,4-6,9,12-16H2,1-3H3. The van der Waals surface area contributed by atoms with Crippen molar-refractivity contribution in [2.45, 2.75) is 52.0 Å². The Labute approximate surface area is 173 Å². The van der Waals surface area contributed by atoms with Crippen LogP contribution < -0.4 is 4.74 Å². The van der Waals surface area contributed by atoms with E-state index in [0.29, 0.717) is 12.3 Å². The third-order valence-corrected chi connectivity index (χ3v) is 5.53. The van der Waals surface area contributed by atoms with Crippen molar-refractivity contribution in [2.24, 2.45) is 0 Å². The number of benzene rings is 1. The van der Waals surface area contributed by atoms with Gasteiger partial charge in [-0.3, -0.25) is 9.69 Å². The molecule has 0 bridgehead atoms. The maximum absolute atomic E-state index is 12.7. The molecular weight excluding hydrogens is 368 g/mol. The predicted octanol–water partition coefficient (Wildman–Crippen LogP) is 3.26. The van der Waals surface area contributed by atoms with Crippen molar-refractivity contribution >= 4 is 5.91 Å². The lowest BCUT2D eigenvalue weighted by atomic mass is 10.1. The fraction of sp³-hybridized carbons (Fsp3) is 0.591. The van der Waals surface area contributed by atoms with Crippen LogP contribution in [-0.4, -0.2) is 59.1 Å². The van der Waals surface area contributed by atoms with E-state index in [1.807, 2.05) is 29.2 Å². The Balaban J connectivity index is 1.49. The molecule has 2 heterocycles. The molecule has 1 aliphatic heterocycles. The summed E-state index contributed by atoms with van der Waals surface area (Å²) in [7, 11) is 1.66. The Morgan fingerprint density at radius 1 is 1.17 bits per heavy atom. The quantitative estimate of drug-likeness (QED) is 0.677. The number of carbonyl (C=O) groups excluding carboxylic acids is 1. The van der Waals surface area contributed by atoms with Crippen LogP contribution in [0.15, 0.2) is 28.8 Å². The zero-order valence-corrected chi connectivity index (χ0v) is 17.8. The Bertz CT molecular complexity index is 775. The topological polar surface area (TPSA) is 71.7 Å². The van der Waals surface area contributed by atoms with Crippen molar-refractivity contribution in [1.29, 1.82) is 0 Å². The Kier molecular flexibility index (Phi) is 7.63. The number of amides is 1. The number of ether oxygens (including phenoxy) is 1. The third-order valence-electron chi connectivity index (χ3n) is 5.53. The number of nitrogens with zero attached hydrogens (tertiary/aromatic N) is 4. The van der Waals surface area contributed by atoms with E-state index in [4.69, 9.17) is 9.26 Å². The molecule has 0 aliphatic carbocycles. The van der Waals surface area contributed by atoms with Gasteiger partial charge in [-0.1, -0.05) is 24.2 Å². The fourth-order valence-corrected chi connectivity index (χ4v) is 3.69. The third kappa shape index (κ3) is 5.79. The monoisotopic (exact) mass is 400 g/mol. The number of aromatic nitrogens is 2. The summed E-state index contributed by atoms with van der Waals surface area (Å²) in [5.74, 6) is 2.51. The van der Waals surface area contributed by atoms with E-state index >= 15 is 0 Å². The van der Waals surface area contributed by atoms with Crippen molar-refractivity contribution in [3.8, 4) is 5.75 Å². The molecule has 3 rings (SSSR count). The molecule has 1 unspecified atom stereocenters. The van der Waals surface area contributed by atoms with Gasteiger partial charge in [-0.15, -0.1) is 0 Å². The SMILES string of the molecule is CCCc1noc(C(C)N2CCCN(C(=O)CCc3ccc(OC)cc3)CC2)n1. The molecule has 1 atom stereocenters. The molecule has 1 aromatic heterocycles. The summed E-state index contributed by atoms with van der Waals surface area (Å²) >= 11 is 0. The molecule has 1 amide bonds. The summed E-state index contributed by atoms with van der Waals surface area (Å²) in [6, 6.07) is 8.00. The van der Waals surface area contributed by atoms with E-state index in [1.54, 1.807) is 7.11 Å². The minimum atomic E-state index is 0.0717. The molecule has 1 aromatic carbocycles. The van der Waals surface area contributed by atoms with Gasteiger partial charge >= 0.3 is 0 Å². The highest BCUT2D eigenvalue weighted by molar-refractivity contribution is 5.76. The smallest absolute Gasteiger partial charge is 0.243 e. The number of methoxy groups -OCH3 is 1. The van der Waals surface area contributed by atoms with E-state index in [1.165, 1.54) is 0 Å². The largest absolute Gasteiger partial charge is 0.497 e. The van der Waals surface area contributed by atoms with Gasteiger partial charge in [0.2, 0.25) is 11.8 Å². The first-order valence-electron chi connectivity index (χ1n) is 10.6. The van der Waals surface area contributed by atoms with Gasteiger partial charge in [-0.05, 0) is 43.9 Å². The molecule has 0 N–H and O–H groups in total. The molecule has 1 aliphatic rings. The summed E-state index contributed by atoms with van der Waals surface area (Å²) in [6.45, 7) is 7.49. The second-order valence-electron chi connectivity index (χ2n) is 7.59. The lowest BCUT2D eigenvalue weighted by Gasteiger charge is -2.25. The molecule has 158 valence electrons. The molecule has 1 fully saturated rings. The average Bonchev–Trinajstić information content (AvgIpc) is 3.07. The number of rotatable bonds is 8. The van der Waals surface area contributed by atoms with Crippen molar-refractivity contribution in [2.75, 3.05) is 33.3 Å². The molecule has 0 spiro atoms. The van der Waals surface area contributed by atoms with E-state index in [0.717, 1.165) is 69.0 Å². The van der Waals surface area contributed by atoms with Crippen molar-refractivity contribution in [1.82, 2.24) is 19.9 Å². The highest BCUT2D eigenvalue weighted by atomic mass is 16.5. The number of carbonyl (C=O) groups is 1. The van der Waals surface area contributed by atoms with Crippen LogP contribution in [0.1, 0.15) is 56.4 Å². The molecule has 0 saturated carbocycles. The lowest BCUT2D eigenvalue weighted by Crippen LogP contribution is -2.36. The first-order valence-corrected chi connectivity index (χ1v) is 10.6. The second kappa shape index (κ2) is 10.4. The van der Waals surface area contributed by atoms with E-state index < -0.39 is 0 Å². The van der Waals surface area contributed by atoms with Crippen LogP contribution in [0.3, 0.4) is 0 Å². The van der Waals surface area contributed by atoms with Crippen LogP contribution in [0.5, 0.6) is 5.75 Å². The van der Waals surface area contributed by atoms with Crippen molar-refractivity contribution in [3.05, 3.63) is 41.5 Å². The normalized spacial score (nSPS) is 16.4. The Hall–Kier alpha value is -2.41. The zero-order chi connectivity index (χ0) is 20.6.